The van der Waals surface area contributed by atoms with Crippen molar-refractivity contribution in [1.82, 2.24) is 0 Å². The van der Waals surface area contributed by atoms with E-state index in [-0.39, 0.29) is 0 Å². The monoisotopic (exact) mass is 359 g/mol. The second-order valence-corrected chi connectivity index (χ2v) is 5.43. The van der Waals surface area contributed by atoms with Crippen molar-refractivity contribution in [2.24, 2.45) is 4.99 Å². The summed E-state index contributed by atoms with van der Waals surface area (Å²) in [6.07, 6.45) is 2.59. The van der Waals surface area contributed by atoms with Crippen LogP contribution >= 0.6 is 0 Å². The van der Waals surface area contributed by atoms with Gasteiger partial charge >= 0.3 is 0 Å². The van der Waals surface area contributed by atoms with Gasteiger partial charge in [-0.1, -0.05) is 6.07 Å². The molecule has 0 aromatic heterocycles. The van der Waals surface area contributed by atoms with Gasteiger partial charge in [-0.3, -0.25) is 4.99 Å². The van der Waals surface area contributed by atoms with Crippen molar-refractivity contribution in [2.45, 2.75) is 6.42 Å². The first kappa shape index (κ1) is 19.4. The summed E-state index contributed by atoms with van der Waals surface area (Å²) >= 11 is 0. The molecule has 0 saturated carbocycles. The van der Waals surface area contributed by atoms with Gasteiger partial charge in [-0.2, -0.15) is 0 Å². The zero-order valence-corrected chi connectivity index (χ0v) is 15.9. The molecule has 26 heavy (non-hydrogen) atoms. The minimum atomic E-state index is 0.567. The first-order chi connectivity index (χ1) is 12.7. The minimum Gasteiger partial charge on any atom is -0.493 e. The van der Waals surface area contributed by atoms with Crippen LogP contribution in [-0.4, -0.2) is 48.3 Å². The Bertz CT molecular complexity index is 733. The second-order valence-electron chi connectivity index (χ2n) is 5.43. The highest BCUT2D eigenvalue weighted by atomic mass is 16.5. The summed E-state index contributed by atoms with van der Waals surface area (Å²) in [6.45, 7) is 0.645. The standard InChI is InChI=1S/C20H25NO5/c1-22-16-7-6-14(10-17(16)23-2)8-9-21-13-15-11-18(24-3)20(26-5)19(12-15)25-4/h6-7,10-13H,8-9H2,1-5H3. The van der Waals surface area contributed by atoms with Crippen LogP contribution in [0.15, 0.2) is 35.3 Å². The molecule has 6 nitrogen and oxygen atoms in total. The highest BCUT2D eigenvalue weighted by Crippen LogP contribution is 2.37. The van der Waals surface area contributed by atoms with Gasteiger partial charge in [-0.25, -0.2) is 0 Å². The number of methoxy groups -OCH3 is 5. The van der Waals surface area contributed by atoms with Gasteiger partial charge in [-0.05, 0) is 41.8 Å². The topological polar surface area (TPSA) is 58.5 Å². The maximum Gasteiger partial charge on any atom is 0.203 e. The summed E-state index contributed by atoms with van der Waals surface area (Å²) < 4.78 is 26.6. The fourth-order valence-electron chi connectivity index (χ4n) is 2.58. The lowest BCUT2D eigenvalue weighted by atomic mass is 10.1. The van der Waals surface area contributed by atoms with Crippen molar-refractivity contribution in [3.8, 4) is 28.7 Å². The highest BCUT2D eigenvalue weighted by molar-refractivity contribution is 5.82. The fourth-order valence-corrected chi connectivity index (χ4v) is 2.58. The predicted octanol–water partition coefficient (Wildman–Crippen LogP) is 3.39. The third-order valence-corrected chi connectivity index (χ3v) is 3.90. The van der Waals surface area contributed by atoms with E-state index in [9.17, 15) is 0 Å². The Balaban J connectivity index is 2.07. The number of hydrogen-bond acceptors (Lipinski definition) is 6. The zero-order valence-electron chi connectivity index (χ0n) is 15.9. The Hall–Kier alpha value is -2.89. The average molecular weight is 359 g/mol. The van der Waals surface area contributed by atoms with Crippen LogP contribution in [0, 0.1) is 0 Å². The number of hydrogen-bond donors (Lipinski definition) is 0. The molecule has 0 fully saturated rings. The average Bonchev–Trinajstić information content (AvgIpc) is 2.69. The molecule has 6 heteroatoms. The molecule has 140 valence electrons. The van der Waals surface area contributed by atoms with Gasteiger partial charge < -0.3 is 23.7 Å². The van der Waals surface area contributed by atoms with E-state index >= 15 is 0 Å². The van der Waals surface area contributed by atoms with Gasteiger partial charge in [0.15, 0.2) is 23.0 Å². The fraction of sp³-hybridized carbons (Fsp3) is 0.350. The van der Waals surface area contributed by atoms with Crippen LogP contribution in [0.4, 0.5) is 0 Å². The first-order valence-corrected chi connectivity index (χ1v) is 8.17. The van der Waals surface area contributed by atoms with Gasteiger partial charge in [0.25, 0.3) is 0 Å². The van der Waals surface area contributed by atoms with E-state index in [4.69, 9.17) is 23.7 Å². The summed E-state index contributed by atoms with van der Waals surface area (Å²) in [4.78, 5) is 4.49. The normalized spacial score (nSPS) is 10.7. The molecule has 0 aliphatic carbocycles. The SMILES string of the molecule is COc1ccc(CCN=Cc2cc(OC)c(OC)c(OC)c2)cc1OC. The van der Waals surface area contributed by atoms with E-state index < -0.39 is 0 Å². The lowest BCUT2D eigenvalue weighted by Gasteiger charge is -2.12. The summed E-state index contributed by atoms with van der Waals surface area (Å²) in [5.74, 6) is 3.22. The Morgan fingerprint density at radius 2 is 1.35 bits per heavy atom. The molecule has 0 aliphatic heterocycles. The van der Waals surface area contributed by atoms with Crippen LogP contribution in [0.5, 0.6) is 28.7 Å². The van der Waals surface area contributed by atoms with Gasteiger partial charge in [-0.15, -0.1) is 0 Å². The van der Waals surface area contributed by atoms with Crippen molar-refractivity contribution in [2.75, 3.05) is 42.1 Å². The van der Waals surface area contributed by atoms with Crippen molar-refractivity contribution >= 4 is 6.21 Å². The lowest BCUT2D eigenvalue weighted by molar-refractivity contribution is 0.324. The summed E-state index contributed by atoms with van der Waals surface area (Å²) in [5, 5.41) is 0. The number of ether oxygens (including phenoxy) is 5. The number of aliphatic imine (C=N–C) groups is 1. The maximum atomic E-state index is 5.35. The third kappa shape index (κ3) is 4.59. The van der Waals surface area contributed by atoms with Crippen LogP contribution in [0.1, 0.15) is 11.1 Å². The van der Waals surface area contributed by atoms with Crippen LogP contribution in [0.2, 0.25) is 0 Å². The van der Waals surface area contributed by atoms with Crippen LogP contribution in [-0.2, 0) is 6.42 Å². The first-order valence-electron chi connectivity index (χ1n) is 8.17. The Kier molecular flexibility index (Phi) is 7.14. The summed E-state index contributed by atoms with van der Waals surface area (Å²) in [7, 11) is 8.02. The Labute approximate surface area is 154 Å². The molecule has 2 aromatic rings. The van der Waals surface area contributed by atoms with Crippen molar-refractivity contribution in [1.29, 1.82) is 0 Å². The quantitative estimate of drug-likeness (QED) is 0.642. The molecule has 0 amide bonds. The third-order valence-electron chi connectivity index (χ3n) is 3.90. The number of nitrogens with zero attached hydrogens (tertiary/aromatic N) is 1. The summed E-state index contributed by atoms with van der Waals surface area (Å²) in [6, 6.07) is 9.60. The van der Waals surface area contributed by atoms with E-state index in [1.807, 2.05) is 30.3 Å². The second kappa shape index (κ2) is 9.56. The van der Waals surface area contributed by atoms with Gasteiger partial charge in [0, 0.05) is 12.8 Å². The van der Waals surface area contributed by atoms with E-state index in [0.29, 0.717) is 23.8 Å². The van der Waals surface area contributed by atoms with E-state index in [1.165, 1.54) is 0 Å². The maximum absolute atomic E-state index is 5.35. The Morgan fingerprint density at radius 3 is 1.88 bits per heavy atom. The molecular formula is C20H25NO5. The minimum absolute atomic E-state index is 0.567. The molecule has 0 aliphatic rings. The molecule has 0 radical (unpaired) electrons. The highest BCUT2D eigenvalue weighted by Gasteiger charge is 2.12. The molecule has 0 unspecified atom stereocenters. The molecule has 0 bridgehead atoms. The largest absolute Gasteiger partial charge is 0.493 e. The molecular weight excluding hydrogens is 334 g/mol. The molecule has 2 aromatic carbocycles. The molecule has 0 N–H and O–H groups in total. The molecule has 0 saturated heterocycles. The predicted molar refractivity (Wildman–Crippen MR) is 102 cm³/mol. The van der Waals surface area contributed by atoms with E-state index in [2.05, 4.69) is 4.99 Å². The van der Waals surface area contributed by atoms with Crippen LogP contribution < -0.4 is 23.7 Å². The van der Waals surface area contributed by atoms with Crippen LogP contribution in [0.25, 0.3) is 0 Å². The van der Waals surface area contributed by atoms with E-state index in [1.54, 1.807) is 41.8 Å². The van der Waals surface area contributed by atoms with Crippen molar-refractivity contribution in [3.05, 3.63) is 41.5 Å². The molecule has 0 heterocycles. The number of benzene rings is 2. The lowest BCUT2D eigenvalue weighted by Crippen LogP contribution is -1.97. The van der Waals surface area contributed by atoms with E-state index in [0.717, 1.165) is 29.0 Å². The van der Waals surface area contributed by atoms with Crippen LogP contribution in [0.3, 0.4) is 0 Å². The Morgan fingerprint density at radius 1 is 0.731 bits per heavy atom. The van der Waals surface area contributed by atoms with Gasteiger partial charge in [0.05, 0.1) is 35.5 Å². The molecule has 2 rings (SSSR count). The molecule has 0 atom stereocenters. The number of rotatable bonds is 9. The smallest absolute Gasteiger partial charge is 0.203 e. The van der Waals surface area contributed by atoms with Gasteiger partial charge in [0.2, 0.25) is 5.75 Å². The van der Waals surface area contributed by atoms with Gasteiger partial charge in [0.1, 0.15) is 0 Å². The summed E-state index contributed by atoms with van der Waals surface area (Å²) in [5.41, 5.74) is 2.01. The zero-order chi connectivity index (χ0) is 18.9. The van der Waals surface area contributed by atoms with Crippen molar-refractivity contribution in [3.63, 3.8) is 0 Å². The van der Waals surface area contributed by atoms with Crippen molar-refractivity contribution < 1.29 is 23.7 Å². The molecule has 0 spiro atoms.